The van der Waals surface area contributed by atoms with Gasteiger partial charge in [-0.25, -0.2) is 0 Å². The predicted octanol–water partition coefficient (Wildman–Crippen LogP) is 3.66. The van der Waals surface area contributed by atoms with Gasteiger partial charge in [-0.3, -0.25) is 4.99 Å². The number of benzene rings is 1. The number of aromatic nitrogens is 1. The van der Waals surface area contributed by atoms with Gasteiger partial charge in [0.15, 0.2) is 0 Å². The first-order valence-corrected chi connectivity index (χ1v) is 5.80. The van der Waals surface area contributed by atoms with Crippen LogP contribution in [0.25, 0.3) is 10.9 Å². The Kier molecular flexibility index (Phi) is 3.09. The number of nitrogens with zero attached hydrogens (tertiary/aromatic N) is 2. The van der Waals surface area contributed by atoms with Gasteiger partial charge in [0.25, 0.3) is 0 Å². The third-order valence-corrected chi connectivity index (χ3v) is 3.07. The summed E-state index contributed by atoms with van der Waals surface area (Å²) in [5.74, 6) is 0. The van der Waals surface area contributed by atoms with E-state index in [0.29, 0.717) is 6.04 Å². The van der Waals surface area contributed by atoms with Crippen molar-refractivity contribution in [2.75, 3.05) is 7.05 Å². The normalized spacial score (nSPS) is 13.7. The molecular formula is C14H18N2. The zero-order valence-corrected chi connectivity index (χ0v) is 10.1. The molecule has 0 saturated carbocycles. The maximum absolute atomic E-state index is 4.13. The molecule has 1 aromatic carbocycles. The zero-order chi connectivity index (χ0) is 11.5. The lowest BCUT2D eigenvalue weighted by molar-refractivity contribution is 0.546. The van der Waals surface area contributed by atoms with Crippen LogP contribution in [0.2, 0.25) is 0 Å². The SMILES string of the molecule is CCC(C)n1c(C=NC)cc2ccccc21. The van der Waals surface area contributed by atoms with Crippen molar-refractivity contribution in [3.8, 4) is 0 Å². The topological polar surface area (TPSA) is 17.3 Å². The molecule has 0 fully saturated rings. The lowest BCUT2D eigenvalue weighted by Gasteiger charge is -2.15. The molecule has 0 N–H and O–H groups in total. The van der Waals surface area contributed by atoms with Gasteiger partial charge in [-0.15, -0.1) is 0 Å². The average Bonchev–Trinajstić information content (AvgIpc) is 2.66. The number of hydrogen-bond acceptors (Lipinski definition) is 1. The van der Waals surface area contributed by atoms with Gasteiger partial charge in [0, 0.05) is 30.2 Å². The fourth-order valence-corrected chi connectivity index (χ4v) is 2.10. The van der Waals surface area contributed by atoms with Crippen molar-refractivity contribution in [3.05, 3.63) is 36.0 Å². The average molecular weight is 214 g/mol. The Morgan fingerprint density at radius 1 is 1.38 bits per heavy atom. The molecule has 16 heavy (non-hydrogen) atoms. The van der Waals surface area contributed by atoms with E-state index in [2.05, 4.69) is 53.7 Å². The predicted molar refractivity (Wildman–Crippen MR) is 70.5 cm³/mol. The van der Waals surface area contributed by atoms with E-state index in [1.165, 1.54) is 16.6 Å². The highest BCUT2D eigenvalue weighted by Crippen LogP contribution is 2.24. The molecule has 2 aromatic rings. The van der Waals surface area contributed by atoms with Crippen molar-refractivity contribution in [3.63, 3.8) is 0 Å². The van der Waals surface area contributed by atoms with Crippen LogP contribution < -0.4 is 0 Å². The van der Waals surface area contributed by atoms with Gasteiger partial charge in [0.05, 0.1) is 5.69 Å². The highest BCUT2D eigenvalue weighted by molar-refractivity contribution is 5.90. The van der Waals surface area contributed by atoms with E-state index < -0.39 is 0 Å². The molecule has 1 aromatic heterocycles. The molecule has 0 bridgehead atoms. The molecule has 1 atom stereocenters. The summed E-state index contributed by atoms with van der Waals surface area (Å²) in [6, 6.07) is 11.2. The van der Waals surface area contributed by atoms with E-state index >= 15 is 0 Å². The Labute approximate surface area is 96.6 Å². The molecule has 2 heteroatoms. The van der Waals surface area contributed by atoms with Crippen molar-refractivity contribution in [2.45, 2.75) is 26.3 Å². The zero-order valence-electron chi connectivity index (χ0n) is 10.1. The molecule has 1 unspecified atom stereocenters. The van der Waals surface area contributed by atoms with Crippen molar-refractivity contribution in [2.24, 2.45) is 4.99 Å². The Bertz CT molecular complexity index is 508. The Morgan fingerprint density at radius 2 is 2.12 bits per heavy atom. The van der Waals surface area contributed by atoms with E-state index in [1.54, 1.807) is 0 Å². The molecule has 0 aliphatic carbocycles. The van der Waals surface area contributed by atoms with Crippen LogP contribution in [0, 0.1) is 0 Å². The van der Waals surface area contributed by atoms with E-state index in [4.69, 9.17) is 0 Å². The third kappa shape index (κ3) is 1.75. The fourth-order valence-electron chi connectivity index (χ4n) is 2.10. The van der Waals surface area contributed by atoms with Crippen molar-refractivity contribution < 1.29 is 0 Å². The smallest absolute Gasteiger partial charge is 0.0601 e. The first-order chi connectivity index (χ1) is 7.77. The summed E-state index contributed by atoms with van der Waals surface area (Å²) in [6.07, 6.45) is 3.06. The summed E-state index contributed by atoms with van der Waals surface area (Å²) in [6.45, 7) is 4.46. The minimum Gasteiger partial charge on any atom is -0.337 e. The van der Waals surface area contributed by atoms with E-state index in [-0.39, 0.29) is 0 Å². The van der Waals surface area contributed by atoms with Crippen molar-refractivity contribution in [1.82, 2.24) is 4.57 Å². The minimum atomic E-state index is 0.507. The number of hydrogen-bond donors (Lipinski definition) is 0. The van der Waals surface area contributed by atoms with Crippen LogP contribution in [0.4, 0.5) is 0 Å². The summed E-state index contributed by atoms with van der Waals surface area (Å²) in [4.78, 5) is 4.13. The molecule has 0 aliphatic rings. The van der Waals surface area contributed by atoms with Gasteiger partial charge in [-0.05, 0) is 25.5 Å². The van der Waals surface area contributed by atoms with Crippen LogP contribution in [0.15, 0.2) is 35.3 Å². The van der Waals surface area contributed by atoms with Crippen LogP contribution in [0.5, 0.6) is 0 Å². The van der Waals surface area contributed by atoms with Crippen LogP contribution in [0.3, 0.4) is 0 Å². The second-order valence-electron chi connectivity index (χ2n) is 4.14. The Balaban J connectivity index is 2.69. The third-order valence-electron chi connectivity index (χ3n) is 3.07. The molecule has 2 rings (SSSR count). The van der Waals surface area contributed by atoms with Crippen LogP contribution in [-0.2, 0) is 0 Å². The molecule has 2 nitrogen and oxygen atoms in total. The first-order valence-electron chi connectivity index (χ1n) is 5.80. The quantitative estimate of drug-likeness (QED) is 0.694. The second-order valence-corrected chi connectivity index (χ2v) is 4.14. The fraction of sp³-hybridized carbons (Fsp3) is 0.357. The van der Waals surface area contributed by atoms with E-state index in [1.807, 2.05) is 13.3 Å². The second kappa shape index (κ2) is 4.52. The summed E-state index contributed by atoms with van der Waals surface area (Å²) in [7, 11) is 1.82. The number of para-hydroxylation sites is 1. The summed E-state index contributed by atoms with van der Waals surface area (Å²) >= 11 is 0. The number of aliphatic imine (C=N–C) groups is 1. The standard InChI is InChI=1S/C14H18N2/c1-4-11(2)16-13(10-15-3)9-12-7-5-6-8-14(12)16/h5-11H,4H2,1-3H3. The molecule has 0 radical (unpaired) electrons. The van der Waals surface area contributed by atoms with Crippen LogP contribution >= 0.6 is 0 Å². The van der Waals surface area contributed by atoms with Gasteiger partial charge in [0.1, 0.15) is 0 Å². The van der Waals surface area contributed by atoms with Gasteiger partial charge < -0.3 is 4.57 Å². The van der Waals surface area contributed by atoms with Gasteiger partial charge in [-0.2, -0.15) is 0 Å². The number of fused-ring (bicyclic) bond motifs is 1. The minimum absolute atomic E-state index is 0.507. The Hall–Kier alpha value is -1.57. The molecular weight excluding hydrogens is 196 g/mol. The summed E-state index contributed by atoms with van der Waals surface area (Å²) in [5, 5.41) is 1.29. The molecule has 84 valence electrons. The highest BCUT2D eigenvalue weighted by Gasteiger charge is 2.10. The summed E-state index contributed by atoms with van der Waals surface area (Å²) in [5.41, 5.74) is 2.49. The van der Waals surface area contributed by atoms with Gasteiger partial charge in [-0.1, -0.05) is 25.1 Å². The van der Waals surface area contributed by atoms with E-state index in [0.717, 1.165) is 6.42 Å². The monoisotopic (exact) mass is 214 g/mol. The first kappa shape index (κ1) is 10.9. The lowest BCUT2D eigenvalue weighted by Crippen LogP contribution is -2.07. The highest BCUT2D eigenvalue weighted by atomic mass is 15.0. The molecule has 0 spiro atoms. The molecule has 0 saturated heterocycles. The Morgan fingerprint density at radius 3 is 2.81 bits per heavy atom. The maximum atomic E-state index is 4.13. The van der Waals surface area contributed by atoms with Crippen molar-refractivity contribution >= 4 is 17.1 Å². The lowest BCUT2D eigenvalue weighted by atomic mass is 10.2. The van der Waals surface area contributed by atoms with E-state index in [9.17, 15) is 0 Å². The maximum Gasteiger partial charge on any atom is 0.0601 e. The van der Waals surface area contributed by atoms with Crippen LogP contribution in [-0.4, -0.2) is 17.8 Å². The van der Waals surface area contributed by atoms with Crippen molar-refractivity contribution in [1.29, 1.82) is 0 Å². The van der Waals surface area contributed by atoms with Gasteiger partial charge in [0.2, 0.25) is 0 Å². The van der Waals surface area contributed by atoms with Crippen LogP contribution in [0.1, 0.15) is 32.0 Å². The summed E-state index contributed by atoms with van der Waals surface area (Å²) < 4.78 is 2.36. The van der Waals surface area contributed by atoms with Gasteiger partial charge >= 0.3 is 0 Å². The molecule has 0 aliphatic heterocycles. The molecule has 0 amide bonds. The largest absolute Gasteiger partial charge is 0.337 e. The molecule has 1 heterocycles. The number of rotatable bonds is 3.